The van der Waals surface area contributed by atoms with Crippen LogP contribution in [0.2, 0.25) is 0 Å². The lowest BCUT2D eigenvalue weighted by Crippen LogP contribution is -2.49. The Labute approximate surface area is 164 Å². The highest BCUT2D eigenvalue weighted by Gasteiger charge is 2.30. The second-order valence-corrected chi connectivity index (χ2v) is 8.51. The number of rotatable bonds is 7. The largest absolute Gasteiger partial charge is 0.490 e. The van der Waals surface area contributed by atoms with Crippen LogP contribution in [-0.4, -0.2) is 62.4 Å². The van der Waals surface area contributed by atoms with Crippen LogP contribution in [0, 0.1) is 10.1 Å². The van der Waals surface area contributed by atoms with Gasteiger partial charge in [-0.25, -0.2) is 8.42 Å². The van der Waals surface area contributed by atoms with Gasteiger partial charge in [0.2, 0.25) is 10.0 Å². The monoisotopic (exact) mass is 405 g/mol. The first kappa shape index (κ1) is 20.2. The highest BCUT2D eigenvalue weighted by molar-refractivity contribution is 7.89. The molecule has 0 bridgehead atoms. The summed E-state index contributed by atoms with van der Waals surface area (Å²) in [6.45, 7) is 2.84. The molecule has 0 spiro atoms. The molecule has 28 heavy (non-hydrogen) atoms. The third kappa shape index (κ3) is 4.49. The zero-order valence-corrected chi connectivity index (χ0v) is 16.5. The summed E-state index contributed by atoms with van der Waals surface area (Å²) in [6.07, 6.45) is 0.915. The van der Waals surface area contributed by atoms with Gasteiger partial charge in [-0.3, -0.25) is 10.1 Å². The average Bonchev–Trinajstić information content (AvgIpc) is 2.72. The van der Waals surface area contributed by atoms with Gasteiger partial charge in [-0.2, -0.15) is 4.31 Å². The van der Waals surface area contributed by atoms with Gasteiger partial charge in [0.15, 0.2) is 5.75 Å². The van der Waals surface area contributed by atoms with Gasteiger partial charge in [-0.1, -0.05) is 30.3 Å². The Bertz CT molecular complexity index is 926. The lowest BCUT2D eigenvalue weighted by molar-refractivity contribution is -0.386. The number of ether oxygens (including phenoxy) is 1. The summed E-state index contributed by atoms with van der Waals surface area (Å²) < 4.78 is 32.1. The second kappa shape index (κ2) is 8.68. The number of nitrogens with zero attached hydrogens (tertiary/aromatic N) is 3. The minimum Gasteiger partial charge on any atom is -0.490 e. The van der Waals surface area contributed by atoms with E-state index in [1.165, 1.54) is 29.1 Å². The molecule has 1 aliphatic heterocycles. The zero-order chi connectivity index (χ0) is 20.1. The Morgan fingerprint density at radius 1 is 1.07 bits per heavy atom. The molecular weight excluding hydrogens is 382 g/mol. The first-order valence-electron chi connectivity index (χ1n) is 9.00. The van der Waals surface area contributed by atoms with Crippen molar-refractivity contribution < 1.29 is 18.1 Å². The van der Waals surface area contributed by atoms with E-state index >= 15 is 0 Å². The second-order valence-electron chi connectivity index (χ2n) is 6.57. The van der Waals surface area contributed by atoms with Crippen molar-refractivity contribution in [1.29, 1.82) is 0 Å². The summed E-state index contributed by atoms with van der Waals surface area (Å²) in [5.41, 5.74) is 0.896. The fourth-order valence-corrected chi connectivity index (χ4v) is 4.69. The highest BCUT2D eigenvalue weighted by Crippen LogP contribution is 2.30. The molecule has 3 rings (SSSR count). The van der Waals surface area contributed by atoms with Crippen LogP contribution in [0.15, 0.2) is 53.4 Å². The molecular formula is C19H23N3O5S. The molecule has 0 amide bonds. The van der Waals surface area contributed by atoms with Gasteiger partial charge in [0.1, 0.15) is 0 Å². The summed E-state index contributed by atoms with van der Waals surface area (Å²) >= 11 is 0. The smallest absolute Gasteiger partial charge is 0.312 e. The molecule has 0 saturated carbocycles. The number of methoxy groups -OCH3 is 1. The number of piperazine rings is 1. The number of benzene rings is 2. The molecule has 0 radical (unpaired) electrons. The van der Waals surface area contributed by atoms with Crippen LogP contribution in [0.25, 0.3) is 0 Å². The van der Waals surface area contributed by atoms with E-state index in [-0.39, 0.29) is 16.3 Å². The van der Waals surface area contributed by atoms with E-state index in [0.29, 0.717) is 26.2 Å². The summed E-state index contributed by atoms with van der Waals surface area (Å²) in [7, 11) is -2.48. The number of sulfonamides is 1. The molecule has 0 unspecified atom stereocenters. The van der Waals surface area contributed by atoms with Crippen molar-refractivity contribution in [2.75, 3.05) is 39.8 Å². The predicted octanol–water partition coefficient (Wildman–Crippen LogP) is 2.15. The number of nitro benzene ring substituents is 1. The zero-order valence-electron chi connectivity index (χ0n) is 15.7. The van der Waals surface area contributed by atoms with E-state index < -0.39 is 14.9 Å². The Hall–Kier alpha value is -2.49. The quantitative estimate of drug-likeness (QED) is 0.518. The lowest BCUT2D eigenvalue weighted by atomic mass is 10.1. The van der Waals surface area contributed by atoms with Crippen molar-refractivity contribution in [3.8, 4) is 5.75 Å². The molecule has 1 saturated heterocycles. The first-order chi connectivity index (χ1) is 13.4. The molecule has 2 aromatic rings. The fourth-order valence-electron chi connectivity index (χ4n) is 3.25. The SMILES string of the molecule is COc1ccc(S(=O)(=O)N2CCN(CCc3ccccc3)CC2)cc1[N+](=O)[O-]. The van der Waals surface area contributed by atoms with Gasteiger partial charge in [0, 0.05) is 38.8 Å². The van der Waals surface area contributed by atoms with Crippen molar-refractivity contribution >= 4 is 15.7 Å². The van der Waals surface area contributed by atoms with Crippen LogP contribution in [0.3, 0.4) is 0 Å². The van der Waals surface area contributed by atoms with Crippen LogP contribution in [0.1, 0.15) is 5.56 Å². The van der Waals surface area contributed by atoms with E-state index in [1.54, 1.807) is 0 Å². The van der Waals surface area contributed by atoms with Crippen LogP contribution in [0.5, 0.6) is 5.75 Å². The normalized spacial score (nSPS) is 16.0. The van der Waals surface area contributed by atoms with Gasteiger partial charge in [-0.15, -0.1) is 0 Å². The lowest BCUT2D eigenvalue weighted by Gasteiger charge is -2.34. The van der Waals surface area contributed by atoms with Gasteiger partial charge >= 0.3 is 5.69 Å². The minimum absolute atomic E-state index is 0.0367. The highest BCUT2D eigenvalue weighted by atomic mass is 32.2. The van der Waals surface area contributed by atoms with Gasteiger partial charge in [-0.05, 0) is 24.1 Å². The molecule has 1 fully saturated rings. The van der Waals surface area contributed by atoms with Gasteiger partial charge < -0.3 is 9.64 Å². The molecule has 9 heteroatoms. The maximum Gasteiger partial charge on any atom is 0.312 e. The number of hydrogen-bond acceptors (Lipinski definition) is 6. The van der Waals surface area contributed by atoms with E-state index in [2.05, 4.69) is 17.0 Å². The van der Waals surface area contributed by atoms with Crippen LogP contribution < -0.4 is 4.74 Å². The van der Waals surface area contributed by atoms with E-state index in [1.807, 2.05) is 18.2 Å². The maximum absolute atomic E-state index is 12.9. The molecule has 0 atom stereocenters. The number of hydrogen-bond donors (Lipinski definition) is 0. The molecule has 2 aromatic carbocycles. The van der Waals surface area contributed by atoms with E-state index in [9.17, 15) is 18.5 Å². The Kier molecular flexibility index (Phi) is 6.28. The molecule has 1 heterocycles. The first-order valence-corrected chi connectivity index (χ1v) is 10.4. The molecule has 8 nitrogen and oxygen atoms in total. The Balaban J connectivity index is 1.64. The summed E-state index contributed by atoms with van der Waals surface area (Å²) in [5, 5.41) is 11.2. The fraction of sp³-hybridized carbons (Fsp3) is 0.368. The summed E-state index contributed by atoms with van der Waals surface area (Å²) in [6, 6.07) is 13.9. The maximum atomic E-state index is 12.9. The topological polar surface area (TPSA) is 93.0 Å². The molecule has 0 aliphatic carbocycles. The molecule has 1 aliphatic rings. The van der Waals surface area contributed by atoms with Crippen molar-refractivity contribution in [2.45, 2.75) is 11.3 Å². The van der Waals surface area contributed by atoms with E-state index in [4.69, 9.17) is 4.74 Å². The predicted molar refractivity (Wildman–Crippen MR) is 105 cm³/mol. The standard InChI is InChI=1S/C19H23N3O5S/c1-27-19-8-7-17(15-18(19)22(23)24)28(25,26)21-13-11-20(12-14-21)10-9-16-5-3-2-4-6-16/h2-8,15H,9-14H2,1H3. The van der Waals surface area contributed by atoms with Crippen LogP contribution in [0.4, 0.5) is 5.69 Å². The van der Waals surface area contributed by atoms with Crippen molar-refractivity contribution in [3.63, 3.8) is 0 Å². The Morgan fingerprint density at radius 3 is 2.36 bits per heavy atom. The summed E-state index contributed by atoms with van der Waals surface area (Å²) in [4.78, 5) is 12.7. The Morgan fingerprint density at radius 2 is 1.75 bits per heavy atom. The molecule has 150 valence electrons. The van der Waals surface area contributed by atoms with Crippen molar-refractivity contribution in [2.24, 2.45) is 0 Å². The third-order valence-corrected chi connectivity index (χ3v) is 6.77. The third-order valence-electron chi connectivity index (χ3n) is 4.88. The average molecular weight is 405 g/mol. The van der Waals surface area contributed by atoms with Crippen molar-refractivity contribution in [3.05, 3.63) is 64.2 Å². The number of nitro groups is 1. The van der Waals surface area contributed by atoms with Gasteiger partial charge in [0.05, 0.1) is 16.9 Å². The minimum atomic E-state index is -3.79. The summed E-state index contributed by atoms with van der Waals surface area (Å²) in [5.74, 6) is 0.0367. The van der Waals surface area contributed by atoms with Crippen LogP contribution >= 0.6 is 0 Å². The van der Waals surface area contributed by atoms with Gasteiger partial charge in [0.25, 0.3) is 0 Å². The molecule has 0 N–H and O–H groups in total. The van der Waals surface area contributed by atoms with Crippen LogP contribution in [-0.2, 0) is 16.4 Å². The van der Waals surface area contributed by atoms with Crippen molar-refractivity contribution in [1.82, 2.24) is 9.21 Å². The van der Waals surface area contributed by atoms with E-state index in [0.717, 1.165) is 19.0 Å². The molecule has 0 aromatic heterocycles.